The molecule has 148 valence electrons. The van der Waals surface area contributed by atoms with E-state index in [4.69, 9.17) is 4.74 Å². The van der Waals surface area contributed by atoms with Gasteiger partial charge in [-0.1, -0.05) is 30.3 Å². The van der Waals surface area contributed by atoms with Gasteiger partial charge in [0.2, 0.25) is 0 Å². The lowest BCUT2D eigenvalue weighted by Gasteiger charge is -2.14. The fraction of sp³-hybridized carbons (Fsp3) is 0.261. The van der Waals surface area contributed by atoms with Crippen LogP contribution >= 0.6 is 0 Å². The molecule has 3 rings (SSSR count). The summed E-state index contributed by atoms with van der Waals surface area (Å²) >= 11 is 0. The van der Waals surface area contributed by atoms with Crippen LogP contribution in [-0.2, 0) is 9.59 Å². The fourth-order valence-electron chi connectivity index (χ4n) is 3.11. The van der Waals surface area contributed by atoms with Crippen LogP contribution < -0.4 is 10.1 Å². The van der Waals surface area contributed by atoms with Gasteiger partial charge in [-0.15, -0.1) is 0 Å². The molecule has 2 aromatic rings. The molecule has 0 aromatic heterocycles. The van der Waals surface area contributed by atoms with Crippen molar-refractivity contribution in [1.29, 1.82) is 5.26 Å². The van der Waals surface area contributed by atoms with Crippen LogP contribution in [0.1, 0.15) is 24.0 Å². The number of likely N-dealkylation sites (tertiary alicyclic amines) is 1. The Morgan fingerprint density at radius 3 is 2.48 bits per heavy atom. The zero-order valence-corrected chi connectivity index (χ0v) is 16.4. The van der Waals surface area contributed by atoms with E-state index in [0.717, 1.165) is 29.7 Å². The highest BCUT2D eigenvalue weighted by molar-refractivity contribution is 6.01. The number of aryl methyl sites for hydroxylation is 1. The van der Waals surface area contributed by atoms with Crippen LogP contribution in [0.2, 0.25) is 0 Å². The molecule has 29 heavy (non-hydrogen) atoms. The number of hydrogen-bond donors (Lipinski definition) is 1. The first kappa shape index (κ1) is 20.2. The van der Waals surface area contributed by atoms with Gasteiger partial charge in [0.25, 0.3) is 11.8 Å². The number of para-hydroxylation sites is 1. The summed E-state index contributed by atoms with van der Waals surface area (Å²) in [6, 6.07) is 16.5. The summed E-state index contributed by atoms with van der Waals surface area (Å²) in [5.74, 6) is 0.0657. The van der Waals surface area contributed by atoms with Gasteiger partial charge in [0.1, 0.15) is 17.4 Å². The van der Waals surface area contributed by atoms with Crippen LogP contribution in [0.3, 0.4) is 0 Å². The first-order valence-electron chi connectivity index (χ1n) is 9.56. The average molecular weight is 389 g/mol. The first-order chi connectivity index (χ1) is 14.1. The third kappa shape index (κ3) is 5.45. The van der Waals surface area contributed by atoms with Crippen molar-refractivity contribution in [3.8, 4) is 11.8 Å². The van der Waals surface area contributed by atoms with Crippen molar-refractivity contribution in [2.24, 2.45) is 0 Å². The minimum Gasteiger partial charge on any atom is -0.484 e. The van der Waals surface area contributed by atoms with Crippen molar-refractivity contribution < 1.29 is 14.3 Å². The van der Waals surface area contributed by atoms with E-state index >= 15 is 0 Å². The van der Waals surface area contributed by atoms with E-state index in [-0.39, 0.29) is 24.0 Å². The summed E-state index contributed by atoms with van der Waals surface area (Å²) in [5, 5.41) is 12.1. The summed E-state index contributed by atoms with van der Waals surface area (Å²) < 4.78 is 5.52. The molecule has 0 radical (unpaired) electrons. The standard InChI is InChI=1S/C23H23N3O3/c1-17-6-2-3-7-21(17)25-22(27)16-29-20-10-8-18(9-11-20)14-19(15-24)23(28)26-12-4-5-13-26/h2-3,6-11,14H,4-5,12-13,16H2,1H3,(H,25,27)/b19-14+. The summed E-state index contributed by atoms with van der Waals surface area (Å²) in [7, 11) is 0. The van der Waals surface area contributed by atoms with Gasteiger partial charge >= 0.3 is 0 Å². The molecule has 1 aliphatic rings. The van der Waals surface area contributed by atoms with Crippen LogP contribution in [0.5, 0.6) is 5.75 Å². The van der Waals surface area contributed by atoms with Crippen LogP contribution in [0.4, 0.5) is 5.69 Å². The van der Waals surface area contributed by atoms with E-state index in [0.29, 0.717) is 18.8 Å². The molecule has 0 atom stereocenters. The number of ether oxygens (including phenoxy) is 1. The molecule has 0 spiro atoms. The van der Waals surface area contributed by atoms with E-state index in [1.54, 1.807) is 35.2 Å². The second kappa shape index (κ2) is 9.56. The Hall–Kier alpha value is -3.59. The van der Waals surface area contributed by atoms with Crippen LogP contribution in [0.25, 0.3) is 6.08 Å². The van der Waals surface area contributed by atoms with Crippen molar-refractivity contribution >= 4 is 23.6 Å². The van der Waals surface area contributed by atoms with Gasteiger partial charge in [-0.2, -0.15) is 5.26 Å². The van der Waals surface area contributed by atoms with Crippen molar-refractivity contribution in [2.75, 3.05) is 25.0 Å². The minimum absolute atomic E-state index is 0.111. The Kier molecular flexibility index (Phi) is 6.64. The molecule has 0 saturated carbocycles. The molecular weight excluding hydrogens is 366 g/mol. The minimum atomic E-state index is -0.244. The number of nitrogens with one attached hydrogen (secondary N) is 1. The molecule has 0 unspecified atom stereocenters. The maximum absolute atomic E-state index is 12.4. The number of amides is 2. The van der Waals surface area contributed by atoms with Gasteiger partial charge in [0.15, 0.2) is 6.61 Å². The maximum atomic E-state index is 12.4. The highest BCUT2D eigenvalue weighted by Gasteiger charge is 2.21. The number of nitriles is 1. The molecule has 1 aliphatic heterocycles. The normalized spacial score (nSPS) is 13.7. The zero-order valence-electron chi connectivity index (χ0n) is 16.4. The molecule has 1 heterocycles. The van der Waals surface area contributed by atoms with Crippen LogP contribution in [0, 0.1) is 18.3 Å². The highest BCUT2D eigenvalue weighted by atomic mass is 16.5. The Bertz CT molecular complexity index is 952. The van der Waals surface area contributed by atoms with Gasteiger partial charge in [-0.05, 0) is 55.2 Å². The van der Waals surface area contributed by atoms with Gasteiger partial charge in [-0.3, -0.25) is 9.59 Å². The van der Waals surface area contributed by atoms with Crippen molar-refractivity contribution in [2.45, 2.75) is 19.8 Å². The number of benzene rings is 2. The second-order valence-corrected chi connectivity index (χ2v) is 6.89. The third-order valence-corrected chi connectivity index (χ3v) is 4.72. The zero-order chi connectivity index (χ0) is 20.6. The molecule has 2 amide bonds. The highest BCUT2D eigenvalue weighted by Crippen LogP contribution is 2.18. The quantitative estimate of drug-likeness (QED) is 0.605. The Morgan fingerprint density at radius 2 is 1.83 bits per heavy atom. The van der Waals surface area contributed by atoms with Crippen molar-refractivity contribution in [3.63, 3.8) is 0 Å². The van der Waals surface area contributed by atoms with Gasteiger partial charge < -0.3 is 15.0 Å². The van der Waals surface area contributed by atoms with E-state index in [2.05, 4.69) is 5.32 Å². The molecule has 1 fully saturated rings. The Labute approximate surface area is 170 Å². The number of anilines is 1. The number of carbonyl (C=O) groups is 2. The van der Waals surface area contributed by atoms with E-state index in [1.807, 2.05) is 37.3 Å². The Morgan fingerprint density at radius 1 is 1.14 bits per heavy atom. The van der Waals surface area contributed by atoms with E-state index < -0.39 is 0 Å². The molecule has 0 aliphatic carbocycles. The first-order valence-corrected chi connectivity index (χ1v) is 9.56. The molecular formula is C23H23N3O3. The molecule has 0 bridgehead atoms. The monoisotopic (exact) mass is 389 g/mol. The summed E-state index contributed by atoms with van der Waals surface area (Å²) in [5.41, 5.74) is 2.59. The van der Waals surface area contributed by atoms with Crippen LogP contribution in [-0.4, -0.2) is 36.4 Å². The lowest BCUT2D eigenvalue weighted by atomic mass is 10.1. The molecule has 6 nitrogen and oxygen atoms in total. The number of carbonyl (C=O) groups excluding carboxylic acids is 2. The average Bonchev–Trinajstić information content (AvgIpc) is 3.27. The molecule has 1 saturated heterocycles. The van der Waals surface area contributed by atoms with Crippen molar-refractivity contribution in [1.82, 2.24) is 4.90 Å². The molecule has 1 N–H and O–H groups in total. The topological polar surface area (TPSA) is 82.4 Å². The smallest absolute Gasteiger partial charge is 0.264 e. The summed E-state index contributed by atoms with van der Waals surface area (Å²) in [4.78, 5) is 26.1. The van der Waals surface area contributed by atoms with Crippen LogP contribution in [0.15, 0.2) is 54.1 Å². The number of rotatable bonds is 6. The van der Waals surface area contributed by atoms with Crippen molar-refractivity contribution in [3.05, 3.63) is 65.2 Å². The number of hydrogen-bond acceptors (Lipinski definition) is 4. The lowest BCUT2D eigenvalue weighted by Crippen LogP contribution is -2.28. The largest absolute Gasteiger partial charge is 0.484 e. The predicted octanol–water partition coefficient (Wildman–Crippen LogP) is 3.54. The second-order valence-electron chi connectivity index (χ2n) is 6.89. The SMILES string of the molecule is Cc1ccccc1NC(=O)COc1ccc(/C=C(\C#N)C(=O)N2CCCC2)cc1. The Balaban J connectivity index is 1.57. The maximum Gasteiger partial charge on any atom is 0.264 e. The van der Waals surface area contributed by atoms with Gasteiger partial charge in [0.05, 0.1) is 0 Å². The summed E-state index contributed by atoms with van der Waals surface area (Å²) in [6.07, 6.45) is 3.54. The summed E-state index contributed by atoms with van der Waals surface area (Å²) in [6.45, 7) is 3.22. The van der Waals surface area contributed by atoms with Gasteiger partial charge in [-0.25, -0.2) is 0 Å². The number of nitrogens with zero attached hydrogens (tertiary/aromatic N) is 2. The van der Waals surface area contributed by atoms with E-state index in [1.165, 1.54) is 0 Å². The van der Waals surface area contributed by atoms with Gasteiger partial charge in [0, 0.05) is 18.8 Å². The fourth-order valence-corrected chi connectivity index (χ4v) is 3.11. The third-order valence-electron chi connectivity index (χ3n) is 4.72. The predicted molar refractivity (Wildman–Crippen MR) is 111 cm³/mol. The molecule has 2 aromatic carbocycles. The van der Waals surface area contributed by atoms with E-state index in [9.17, 15) is 14.9 Å². The lowest BCUT2D eigenvalue weighted by molar-refractivity contribution is -0.125. The molecule has 6 heteroatoms.